The molecular formula is C13H15N3O4. The van der Waals surface area contributed by atoms with Crippen molar-refractivity contribution in [2.75, 3.05) is 11.9 Å². The minimum atomic E-state index is -0.654. The fourth-order valence-corrected chi connectivity index (χ4v) is 1.44. The largest absolute Gasteiger partial charge is 0.456 e. The molecule has 0 aromatic heterocycles. The Balaban J connectivity index is 3.09. The van der Waals surface area contributed by atoms with E-state index in [1.54, 1.807) is 20.8 Å². The average Bonchev–Trinajstić information content (AvgIpc) is 2.33. The van der Waals surface area contributed by atoms with E-state index in [-0.39, 0.29) is 23.5 Å². The maximum absolute atomic E-state index is 11.9. The second kappa shape index (κ2) is 6.02. The van der Waals surface area contributed by atoms with Crippen LogP contribution in [0.3, 0.4) is 0 Å². The highest BCUT2D eigenvalue weighted by molar-refractivity contribution is 5.91. The number of nitro groups is 1. The van der Waals surface area contributed by atoms with Crippen molar-refractivity contribution in [2.24, 2.45) is 0 Å². The molecular weight excluding hydrogens is 262 g/mol. The third-order valence-electron chi connectivity index (χ3n) is 2.19. The molecule has 0 atom stereocenters. The van der Waals surface area contributed by atoms with Crippen molar-refractivity contribution in [2.45, 2.75) is 26.4 Å². The molecule has 0 aliphatic rings. The lowest BCUT2D eigenvalue weighted by molar-refractivity contribution is -0.384. The van der Waals surface area contributed by atoms with Crippen LogP contribution >= 0.6 is 0 Å². The van der Waals surface area contributed by atoms with Gasteiger partial charge in [0, 0.05) is 6.07 Å². The highest BCUT2D eigenvalue weighted by Gasteiger charge is 2.21. The first-order valence-corrected chi connectivity index (χ1v) is 5.87. The van der Waals surface area contributed by atoms with Crippen LogP contribution < -0.4 is 5.32 Å². The Morgan fingerprint density at radius 3 is 2.65 bits per heavy atom. The van der Waals surface area contributed by atoms with Crippen LogP contribution in [0.5, 0.6) is 0 Å². The van der Waals surface area contributed by atoms with Gasteiger partial charge in [0.15, 0.2) is 0 Å². The first-order valence-electron chi connectivity index (χ1n) is 5.87. The fraction of sp³-hybridized carbons (Fsp3) is 0.385. The average molecular weight is 277 g/mol. The molecule has 1 aromatic rings. The van der Waals surface area contributed by atoms with E-state index in [1.807, 2.05) is 6.07 Å². The van der Waals surface area contributed by atoms with Crippen LogP contribution in [0.1, 0.15) is 31.1 Å². The summed E-state index contributed by atoms with van der Waals surface area (Å²) >= 11 is 0. The van der Waals surface area contributed by atoms with Crippen LogP contribution in [0, 0.1) is 21.4 Å². The van der Waals surface area contributed by atoms with Gasteiger partial charge in [-0.2, -0.15) is 5.26 Å². The minimum Gasteiger partial charge on any atom is -0.456 e. The second-order valence-corrected chi connectivity index (χ2v) is 5.00. The number of esters is 1. The van der Waals surface area contributed by atoms with Crippen LogP contribution in [0.25, 0.3) is 0 Å². The number of nitrogens with one attached hydrogen (secondary N) is 1. The van der Waals surface area contributed by atoms with Crippen molar-refractivity contribution >= 4 is 17.3 Å². The molecule has 0 saturated heterocycles. The van der Waals surface area contributed by atoms with Crippen LogP contribution in [-0.2, 0) is 4.74 Å². The van der Waals surface area contributed by atoms with Crippen LogP contribution in [-0.4, -0.2) is 23.0 Å². The molecule has 1 aromatic carbocycles. The van der Waals surface area contributed by atoms with E-state index in [4.69, 9.17) is 10.00 Å². The third kappa shape index (κ3) is 4.24. The summed E-state index contributed by atoms with van der Waals surface area (Å²) in [6, 6.07) is 5.66. The van der Waals surface area contributed by atoms with E-state index < -0.39 is 16.5 Å². The molecule has 0 spiro atoms. The molecule has 0 bridgehead atoms. The number of ether oxygens (including phenoxy) is 1. The summed E-state index contributed by atoms with van der Waals surface area (Å²) in [6.07, 6.45) is 0. The highest BCUT2D eigenvalue weighted by atomic mass is 16.6. The molecule has 0 aliphatic heterocycles. The van der Waals surface area contributed by atoms with Crippen LogP contribution in [0.15, 0.2) is 18.2 Å². The van der Waals surface area contributed by atoms with Gasteiger partial charge in [0.05, 0.1) is 16.6 Å². The van der Waals surface area contributed by atoms with E-state index in [0.29, 0.717) is 0 Å². The maximum atomic E-state index is 11.9. The molecule has 106 valence electrons. The number of rotatable bonds is 4. The number of nitro benzene ring substituents is 1. The fourth-order valence-electron chi connectivity index (χ4n) is 1.44. The van der Waals surface area contributed by atoms with E-state index in [0.717, 1.165) is 0 Å². The van der Waals surface area contributed by atoms with Crippen molar-refractivity contribution < 1.29 is 14.5 Å². The van der Waals surface area contributed by atoms with Gasteiger partial charge in [0.25, 0.3) is 5.69 Å². The van der Waals surface area contributed by atoms with Gasteiger partial charge in [-0.25, -0.2) is 4.79 Å². The summed E-state index contributed by atoms with van der Waals surface area (Å²) in [5.74, 6) is -0.576. The van der Waals surface area contributed by atoms with E-state index in [1.165, 1.54) is 18.2 Å². The summed E-state index contributed by atoms with van der Waals surface area (Å²) in [4.78, 5) is 22.2. The Morgan fingerprint density at radius 1 is 1.50 bits per heavy atom. The summed E-state index contributed by atoms with van der Waals surface area (Å²) in [5.41, 5.74) is -0.558. The summed E-state index contributed by atoms with van der Waals surface area (Å²) in [6.45, 7) is 5.08. The van der Waals surface area contributed by atoms with Gasteiger partial charge in [-0.05, 0) is 32.9 Å². The Bertz CT molecular complexity index is 570. The van der Waals surface area contributed by atoms with Gasteiger partial charge in [0.2, 0.25) is 0 Å². The standard InChI is InChI=1S/C13H15N3O4/c1-13(2,3)20-12(17)9-4-5-11(16(18)19)10(8-9)15-7-6-14/h4-5,8,15H,7H2,1-3H3. The molecule has 20 heavy (non-hydrogen) atoms. The Morgan fingerprint density at radius 2 is 2.15 bits per heavy atom. The van der Waals surface area contributed by atoms with Gasteiger partial charge >= 0.3 is 5.97 Å². The predicted molar refractivity (Wildman–Crippen MR) is 72.4 cm³/mol. The summed E-state index contributed by atoms with van der Waals surface area (Å²) < 4.78 is 5.18. The van der Waals surface area contributed by atoms with Crippen molar-refractivity contribution in [3.8, 4) is 6.07 Å². The highest BCUT2D eigenvalue weighted by Crippen LogP contribution is 2.26. The Hall–Kier alpha value is -2.62. The van der Waals surface area contributed by atoms with Crippen molar-refractivity contribution in [3.05, 3.63) is 33.9 Å². The zero-order valence-electron chi connectivity index (χ0n) is 11.5. The van der Waals surface area contributed by atoms with Crippen molar-refractivity contribution in [3.63, 3.8) is 0 Å². The zero-order valence-corrected chi connectivity index (χ0v) is 11.5. The molecule has 0 radical (unpaired) electrons. The van der Waals surface area contributed by atoms with Gasteiger partial charge in [-0.3, -0.25) is 10.1 Å². The topological polar surface area (TPSA) is 105 Å². The maximum Gasteiger partial charge on any atom is 0.338 e. The van der Waals surface area contributed by atoms with Crippen LogP contribution in [0.2, 0.25) is 0 Å². The first-order chi connectivity index (χ1) is 9.24. The zero-order chi connectivity index (χ0) is 15.3. The molecule has 7 heteroatoms. The molecule has 0 heterocycles. The van der Waals surface area contributed by atoms with Crippen molar-refractivity contribution in [1.82, 2.24) is 0 Å². The SMILES string of the molecule is CC(C)(C)OC(=O)c1ccc([N+](=O)[O-])c(NCC#N)c1. The monoisotopic (exact) mass is 277 g/mol. The smallest absolute Gasteiger partial charge is 0.338 e. The number of benzene rings is 1. The number of hydrogen-bond acceptors (Lipinski definition) is 6. The van der Waals surface area contributed by atoms with Gasteiger partial charge < -0.3 is 10.1 Å². The number of nitriles is 1. The number of nitrogens with zero attached hydrogens (tertiary/aromatic N) is 2. The molecule has 7 nitrogen and oxygen atoms in total. The Kier molecular flexibility index (Phi) is 4.64. The van der Waals surface area contributed by atoms with Crippen molar-refractivity contribution in [1.29, 1.82) is 5.26 Å². The van der Waals surface area contributed by atoms with Crippen LogP contribution in [0.4, 0.5) is 11.4 Å². The van der Waals surface area contributed by atoms with E-state index in [9.17, 15) is 14.9 Å². The molecule has 0 unspecified atom stereocenters. The molecule has 0 aliphatic carbocycles. The number of anilines is 1. The van der Waals surface area contributed by atoms with E-state index in [2.05, 4.69) is 5.32 Å². The molecule has 0 saturated carbocycles. The molecule has 0 fully saturated rings. The predicted octanol–water partition coefficient (Wildman–Crippen LogP) is 2.49. The molecule has 1 N–H and O–H groups in total. The minimum absolute atomic E-state index is 0.0986. The lowest BCUT2D eigenvalue weighted by Gasteiger charge is -2.19. The normalized spacial score (nSPS) is 10.5. The number of hydrogen-bond donors (Lipinski definition) is 1. The molecule has 1 rings (SSSR count). The van der Waals surface area contributed by atoms with Gasteiger partial charge in [-0.15, -0.1) is 0 Å². The first kappa shape index (κ1) is 15.4. The van der Waals surface area contributed by atoms with Gasteiger partial charge in [0.1, 0.15) is 17.8 Å². The molecule has 0 amide bonds. The third-order valence-corrected chi connectivity index (χ3v) is 2.19. The lowest BCUT2D eigenvalue weighted by atomic mass is 10.1. The Labute approximate surface area is 116 Å². The summed E-state index contributed by atoms with van der Waals surface area (Å²) in [5, 5.41) is 22.0. The number of carbonyl (C=O) groups is 1. The second-order valence-electron chi connectivity index (χ2n) is 5.00. The quantitative estimate of drug-likeness (QED) is 0.392. The van der Waals surface area contributed by atoms with Gasteiger partial charge in [-0.1, -0.05) is 0 Å². The van der Waals surface area contributed by atoms with E-state index >= 15 is 0 Å². The number of carbonyl (C=O) groups excluding carboxylic acids is 1. The summed E-state index contributed by atoms with van der Waals surface area (Å²) in [7, 11) is 0. The lowest BCUT2D eigenvalue weighted by Crippen LogP contribution is -2.24.